The summed E-state index contributed by atoms with van der Waals surface area (Å²) in [6.07, 6.45) is 2.30. The van der Waals surface area contributed by atoms with E-state index in [1.807, 2.05) is 13.8 Å². The second-order valence-corrected chi connectivity index (χ2v) is 5.83. The summed E-state index contributed by atoms with van der Waals surface area (Å²) < 4.78 is 27.6. The molecule has 0 aromatic heterocycles. The molecule has 15 heavy (non-hydrogen) atoms. The van der Waals surface area contributed by atoms with Gasteiger partial charge < -0.3 is 5.73 Å². The molecule has 1 aliphatic heterocycles. The smallest absolute Gasteiger partial charge is 0.280 e. The van der Waals surface area contributed by atoms with Crippen LogP contribution in [0.25, 0.3) is 0 Å². The SMILES string of the molecule is CCCNS(=O)(=O)N1CCCC(C)C1N. The molecule has 2 unspecified atom stereocenters. The van der Waals surface area contributed by atoms with Gasteiger partial charge in [-0.2, -0.15) is 12.7 Å². The largest absolute Gasteiger partial charge is 0.315 e. The minimum absolute atomic E-state index is 0.233. The Kier molecular flexibility index (Phi) is 4.51. The highest BCUT2D eigenvalue weighted by molar-refractivity contribution is 7.87. The van der Waals surface area contributed by atoms with Crippen LogP contribution in [0.15, 0.2) is 0 Å². The van der Waals surface area contributed by atoms with Gasteiger partial charge in [0.1, 0.15) is 0 Å². The lowest BCUT2D eigenvalue weighted by atomic mass is 9.99. The van der Waals surface area contributed by atoms with E-state index < -0.39 is 10.2 Å². The quantitative estimate of drug-likeness (QED) is 0.733. The third-order valence-corrected chi connectivity index (χ3v) is 4.41. The number of hydrogen-bond donors (Lipinski definition) is 2. The van der Waals surface area contributed by atoms with Gasteiger partial charge >= 0.3 is 0 Å². The zero-order chi connectivity index (χ0) is 11.5. The van der Waals surface area contributed by atoms with Crippen LogP contribution in [0.4, 0.5) is 0 Å². The Hall–Kier alpha value is -0.170. The maximum Gasteiger partial charge on any atom is 0.280 e. The molecule has 0 aliphatic carbocycles. The first-order chi connectivity index (χ1) is 6.99. The van der Waals surface area contributed by atoms with Crippen molar-refractivity contribution >= 4 is 10.2 Å². The first-order valence-corrected chi connectivity index (χ1v) is 6.95. The lowest BCUT2D eigenvalue weighted by molar-refractivity contribution is 0.190. The average molecular weight is 235 g/mol. The first kappa shape index (κ1) is 12.9. The average Bonchev–Trinajstić information content (AvgIpc) is 2.19. The summed E-state index contributed by atoms with van der Waals surface area (Å²) in [5.41, 5.74) is 5.89. The summed E-state index contributed by atoms with van der Waals surface area (Å²) in [5.74, 6) is 0.233. The Balaban J connectivity index is 2.68. The van der Waals surface area contributed by atoms with Crippen molar-refractivity contribution in [1.29, 1.82) is 0 Å². The highest BCUT2D eigenvalue weighted by Gasteiger charge is 2.33. The van der Waals surface area contributed by atoms with Gasteiger partial charge in [-0.3, -0.25) is 0 Å². The van der Waals surface area contributed by atoms with Gasteiger partial charge in [0.15, 0.2) is 0 Å². The van der Waals surface area contributed by atoms with E-state index >= 15 is 0 Å². The van der Waals surface area contributed by atoms with Crippen LogP contribution in [-0.2, 0) is 10.2 Å². The fraction of sp³-hybridized carbons (Fsp3) is 1.00. The van der Waals surface area contributed by atoms with E-state index in [4.69, 9.17) is 5.73 Å². The molecule has 0 radical (unpaired) electrons. The van der Waals surface area contributed by atoms with E-state index in [1.165, 1.54) is 4.31 Å². The summed E-state index contributed by atoms with van der Waals surface area (Å²) >= 11 is 0. The lowest BCUT2D eigenvalue weighted by Crippen LogP contribution is -2.55. The van der Waals surface area contributed by atoms with Crippen LogP contribution in [0.1, 0.15) is 33.1 Å². The van der Waals surface area contributed by atoms with Crippen LogP contribution in [0.5, 0.6) is 0 Å². The standard InChI is InChI=1S/C9H21N3O2S/c1-3-6-11-15(13,14)12-7-4-5-8(2)9(12)10/h8-9,11H,3-7,10H2,1-2H3. The Morgan fingerprint density at radius 3 is 2.80 bits per heavy atom. The maximum absolute atomic E-state index is 11.8. The Labute approximate surface area is 92.2 Å². The van der Waals surface area contributed by atoms with E-state index in [9.17, 15) is 8.42 Å². The number of nitrogens with one attached hydrogen (secondary N) is 1. The lowest BCUT2D eigenvalue weighted by Gasteiger charge is -2.36. The third-order valence-electron chi connectivity index (χ3n) is 2.80. The van der Waals surface area contributed by atoms with Crippen molar-refractivity contribution in [3.05, 3.63) is 0 Å². The van der Waals surface area contributed by atoms with Gasteiger partial charge in [-0.1, -0.05) is 13.8 Å². The predicted octanol–water partition coefficient (Wildman–Crippen LogP) is 0.248. The maximum atomic E-state index is 11.8. The van der Waals surface area contributed by atoms with Gasteiger partial charge in [-0.05, 0) is 25.2 Å². The van der Waals surface area contributed by atoms with Gasteiger partial charge in [-0.15, -0.1) is 0 Å². The Bertz CT molecular complexity index is 292. The van der Waals surface area contributed by atoms with Crippen molar-refractivity contribution in [3.8, 4) is 0 Å². The highest BCUT2D eigenvalue weighted by atomic mass is 32.2. The fourth-order valence-corrected chi connectivity index (χ4v) is 3.29. The van der Waals surface area contributed by atoms with Gasteiger partial charge in [0.05, 0.1) is 6.17 Å². The topological polar surface area (TPSA) is 75.4 Å². The van der Waals surface area contributed by atoms with Crippen LogP contribution >= 0.6 is 0 Å². The molecular weight excluding hydrogens is 214 g/mol. The molecule has 6 heteroatoms. The molecule has 1 saturated heterocycles. The van der Waals surface area contributed by atoms with Gasteiger partial charge in [0.2, 0.25) is 0 Å². The molecule has 90 valence electrons. The molecule has 0 aromatic carbocycles. The summed E-state index contributed by atoms with van der Waals surface area (Å²) in [6, 6.07) is 0. The molecule has 1 aliphatic rings. The highest BCUT2D eigenvalue weighted by Crippen LogP contribution is 2.21. The minimum Gasteiger partial charge on any atom is -0.315 e. The molecule has 0 amide bonds. The van der Waals surface area contributed by atoms with Crippen molar-refractivity contribution in [3.63, 3.8) is 0 Å². The normalized spacial score (nSPS) is 29.3. The second kappa shape index (κ2) is 5.25. The fourth-order valence-electron chi connectivity index (χ4n) is 1.77. The monoisotopic (exact) mass is 235 g/mol. The van der Waals surface area contributed by atoms with Crippen molar-refractivity contribution in [2.45, 2.75) is 39.3 Å². The van der Waals surface area contributed by atoms with E-state index in [1.54, 1.807) is 0 Å². The van der Waals surface area contributed by atoms with Crippen LogP contribution in [0.2, 0.25) is 0 Å². The Morgan fingerprint density at radius 1 is 1.53 bits per heavy atom. The van der Waals surface area contributed by atoms with Crippen molar-refractivity contribution in [1.82, 2.24) is 9.03 Å². The van der Waals surface area contributed by atoms with Gasteiger partial charge in [0.25, 0.3) is 10.2 Å². The van der Waals surface area contributed by atoms with Crippen LogP contribution in [-0.4, -0.2) is 32.0 Å². The molecule has 1 heterocycles. The molecule has 2 atom stereocenters. The molecule has 0 saturated carbocycles. The first-order valence-electron chi connectivity index (χ1n) is 5.51. The number of nitrogens with two attached hydrogens (primary N) is 1. The number of nitrogens with zero attached hydrogens (tertiary/aromatic N) is 1. The molecule has 5 nitrogen and oxygen atoms in total. The molecule has 0 aromatic rings. The summed E-state index contributed by atoms with van der Waals surface area (Å²) in [4.78, 5) is 0. The number of rotatable bonds is 4. The minimum atomic E-state index is -3.37. The van der Waals surface area contributed by atoms with E-state index in [-0.39, 0.29) is 12.1 Å². The molecule has 1 rings (SSSR count). The van der Waals surface area contributed by atoms with Crippen molar-refractivity contribution in [2.24, 2.45) is 11.7 Å². The summed E-state index contributed by atoms with van der Waals surface area (Å²) in [6.45, 7) is 4.93. The van der Waals surface area contributed by atoms with Gasteiger partial charge in [-0.25, -0.2) is 4.72 Å². The zero-order valence-electron chi connectivity index (χ0n) is 9.44. The van der Waals surface area contributed by atoms with Crippen LogP contribution < -0.4 is 10.5 Å². The van der Waals surface area contributed by atoms with Gasteiger partial charge in [0, 0.05) is 13.1 Å². The van der Waals surface area contributed by atoms with Crippen LogP contribution in [0, 0.1) is 5.92 Å². The summed E-state index contributed by atoms with van der Waals surface area (Å²) in [5, 5.41) is 0. The molecule has 0 spiro atoms. The van der Waals surface area contributed by atoms with Crippen LogP contribution in [0.3, 0.4) is 0 Å². The predicted molar refractivity (Wildman–Crippen MR) is 60.3 cm³/mol. The van der Waals surface area contributed by atoms with E-state index in [0.29, 0.717) is 13.1 Å². The molecule has 0 bridgehead atoms. The molecule has 1 fully saturated rings. The number of piperidine rings is 1. The molecule has 3 N–H and O–H groups in total. The van der Waals surface area contributed by atoms with Crippen molar-refractivity contribution < 1.29 is 8.42 Å². The van der Waals surface area contributed by atoms with Crippen molar-refractivity contribution in [2.75, 3.05) is 13.1 Å². The van der Waals surface area contributed by atoms with E-state index in [0.717, 1.165) is 19.3 Å². The Morgan fingerprint density at radius 2 is 2.20 bits per heavy atom. The zero-order valence-corrected chi connectivity index (χ0v) is 10.3. The second-order valence-electron chi connectivity index (χ2n) is 4.12. The molecular formula is C9H21N3O2S. The third kappa shape index (κ3) is 3.14. The number of hydrogen-bond acceptors (Lipinski definition) is 3. The summed E-state index contributed by atoms with van der Waals surface area (Å²) in [7, 11) is -3.37. The van der Waals surface area contributed by atoms with E-state index in [2.05, 4.69) is 4.72 Å².